The fourth-order valence-electron chi connectivity index (χ4n) is 3.31. The highest BCUT2D eigenvalue weighted by molar-refractivity contribution is 5.84. The first kappa shape index (κ1) is 13.5. The van der Waals surface area contributed by atoms with Crippen LogP contribution < -0.4 is 5.73 Å². The predicted molar refractivity (Wildman–Crippen MR) is 83.4 cm³/mol. The molecule has 1 saturated heterocycles. The van der Waals surface area contributed by atoms with E-state index in [1.54, 1.807) is 0 Å². The normalized spacial score (nSPS) is 20.4. The van der Waals surface area contributed by atoms with Gasteiger partial charge in [-0.15, -0.1) is 0 Å². The first-order valence-electron chi connectivity index (χ1n) is 7.61. The van der Waals surface area contributed by atoms with Gasteiger partial charge in [-0.2, -0.15) is 0 Å². The van der Waals surface area contributed by atoms with Crippen LogP contribution in [0.15, 0.2) is 36.7 Å². The molecule has 0 amide bonds. The summed E-state index contributed by atoms with van der Waals surface area (Å²) in [5.74, 6) is 0.775. The maximum Gasteiger partial charge on any atom is 0.0346 e. The molecule has 0 radical (unpaired) electrons. The fourth-order valence-corrected chi connectivity index (χ4v) is 3.31. The van der Waals surface area contributed by atoms with E-state index in [9.17, 15) is 0 Å². The highest BCUT2D eigenvalue weighted by atomic mass is 15.1. The fraction of sp³-hybridized carbons (Fsp3) is 0.471. The molecule has 1 unspecified atom stereocenters. The van der Waals surface area contributed by atoms with E-state index in [4.69, 9.17) is 5.73 Å². The van der Waals surface area contributed by atoms with Crippen LogP contribution in [0, 0.1) is 5.92 Å². The van der Waals surface area contributed by atoms with Crippen molar-refractivity contribution >= 4 is 10.8 Å². The average Bonchev–Trinajstić information content (AvgIpc) is 2.48. The van der Waals surface area contributed by atoms with Crippen molar-refractivity contribution in [3.8, 4) is 0 Å². The third-order valence-electron chi connectivity index (χ3n) is 4.32. The van der Waals surface area contributed by atoms with E-state index in [0.717, 1.165) is 25.4 Å². The van der Waals surface area contributed by atoms with Crippen LogP contribution in [0.5, 0.6) is 0 Å². The molecule has 2 N–H and O–H groups in total. The molecule has 0 aliphatic carbocycles. The Labute approximate surface area is 120 Å². The summed E-state index contributed by atoms with van der Waals surface area (Å²) in [6.07, 6.45) is 7.76. The number of rotatable bonds is 4. The summed E-state index contributed by atoms with van der Waals surface area (Å²) in [4.78, 5) is 6.95. The number of aromatic nitrogens is 1. The van der Waals surface area contributed by atoms with Crippen LogP contribution in [0.1, 0.15) is 24.8 Å². The van der Waals surface area contributed by atoms with Crippen molar-refractivity contribution in [2.75, 3.05) is 19.6 Å². The zero-order valence-corrected chi connectivity index (χ0v) is 12.0. The Kier molecular flexibility index (Phi) is 4.28. The Balaban J connectivity index is 1.76. The minimum Gasteiger partial charge on any atom is -0.330 e. The van der Waals surface area contributed by atoms with Crippen molar-refractivity contribution < 1.29 is 0 Å². The molecule has 3 rings (SSSR count). The smallest absolute Gasteiger partial charge is 0.0346 e. The molecule has 1 aromatic heterocycles. The number of hydrogen-bond acceptors (Lipinski definition) is 3. The molecule has 1 aliphatic heterocycles. The topological polar surface area (TPSA) is 42.1 Å². The maximum absolute atomic E-state index is 5.70. The number of nitrogens with two attached hydrogens (primary N) is 1. The lowest BCUT2D eigenvalue weighted by atomic mass is 9.94. The van der Waals surface area contributed by atoms with Crippen LogP contribution in [-0.2, 0) is 6.54 Å². The molecular formula is C17H23N3. The van der Waals surface area contributed by atoms with E-state index < -0.39 is 0 Å². The van der Waals surface area contributed by atoms with Gasteiger partial charge in [0.05, 0.1) is 0 Å². The van der Waals surface area contributed by atoms with Gasteiger partial charge in [-0.25, -0.2) is 0 Å². The van der Waals surface area contributed by atoms with E-state index in [1.807, 2.05) is 12.4 Å². The predicted octanol–water partition coefficient (Wildman–Crippen LogP) is 2.80. The van der Waals surface area contributed by atoms with Crippen LogP contribution in [0.2, 0.25) is 0 Å². The first-order valence-corrected chi connectivity index (χ1v) is 7.61. The maximum atomic E-state index is 5.70. The van der Waals surface area contributed by atoms with E-state index in [0.29, 0.717) is 0 Å². The molecule has 1 aromatic carbocycles. The number of hydrogen-bond donors (Lipinski definition) is 1. The minimum atomic E-state index is 0.775. The van der Waals surface area contributed by atoms with Crippen LogP contribution in [0.4, 0.5) is 0 Å². The molecule has 0 spiro atoms. The van der Waals surface area contributed by atoms with E-state index >= 15 is 0 Å². The van der Waals surface area contributed by atoms with Crippen LogP contribution >= 0.6 is 0 Å². The molecule has 3 heteroatoms. The largest absolute Gasteiger partial charge is 0.330 e. The summed E-state index contributed by atoms with van der Waals surface area (Å²) in [7, 11) is 0. The zero-order valence-electron chi connectivity index (χ0n) is 12.0. The summed E-state index contributed by atoms with van der Waals surface area (Å²) in [6, 6.07) is 8.53. The van der Waals surface area contributed by atoms with Gasteiger partial charge in [0.2, 0.25) is 0 Å². The Hall–Kier alpha value is -1.45. The number of nitrogens with zero attached hydrogens (tertiary/aromatic N) is 2. The Morgan fingerprint density at radius 1 is 1.25 bits per heavy atom. The Morgan fingerprint density at radius 2 is 2.15 bits per heavy atom. The molecular weight excluding hydrogens is 246 g/mol. The first-order chi connectivity index (χ1) is 9.86. The lowest BCUT2D eigenvalue weighted by Crippen LogP contribution is -2.35. The molecule has 1 atom stereocenters. The quantitative estimate of drug-likeness (QED) is 0.928. The third kappa shape index (κ3) is 3.00. The lowest BCUT2D eigenvalue weighted by Gasteiger charge is -2.32. The summed E-state index contributed by atoms with van der Waals surface area (Å²) in [6.45, 7) is 4.20. The summed E-state index contributed by atoms with van der Waals surface area (Å²) in [5, 5.41) is 2.57. The van der Waals surface area contributed by atoms with Crippen LogP contribution in [-0.4, -0.2) is 29.5 Å². The monoisotopic (exact) mass is 269 g/mol. The Morgan fingerprint density at radius 3 is 3.05 bits per heavy atom. The molecule has 1 aliphatic rings. The van der Waals surface area contributed by atoms with Crippen molar-refractivity contribution in [3.05, 3.63) is 42.2 Å². The number of piperidine rings is 1. The van der Waals surface area contributed by atoms with E-state index in [-0.39, 0.29) is 0 Å². The highest BCUT2D eigenvalue weighted by Crippen LogP contribution is 2.23. The van der Waals surface area contributed by atoms with Crippen LogP contribution in [0.25, 0.3) is 10.8 Å². The molecule has 20 heavy (non-hydrogen) atoms. The highest BCUT2D eigenvalue weighted by Gasteiger charge is 2.19. The number of fused-ring (bicyclic) bond motifs is 1. The van der Waals surface area contributed by atoms with Gasteiger partial charge in [0, 0.05) is 30.9 Å². The molecule has 3 nitrogen and oxygen atoms in total. The van der Waals surface area contributed by atoms with Crippen molar-refractivity contribution in [3.63, 3.8) is 0 Å². The molecule has 1 fully saturated rings. The van der Waals surface area contributed by atoms with Crippen molar-refractivity contribution in [2.24, 2.45) is 11.7 Å². The van der Waals surface area contributed by atoms with Gasteiger partial charge in [-0.05, 0) is 49.2 Å². The van der Waals surface area contributed by atoms with Gasteiger partial charge in [-0.1, -0.05) is 24.3 Å². The molecule has 0 bridgehead atoms. The van der Waals surface area contributed by atoms with Gasteiger partial charge in [0.1, 0.15) is 0 Å². The summed E-state index contributed by atoms with van der Waals surface area (Å²) in [5.41, 5.74) is 7.05. The molecule has 2 heterocycles. The number of pyridine rings is 1. The Bertz CT molecular complexity index is 560. The van der Waals surface area contributed by atoms with Gasteiger partial charge >= 0.3 is 0 Å². The van der Waals surface area contributed by atoms with Crippen LogP contribution in [0.3, 0.4) is 0 Å². The zero-order chi connectivity index (χ0) is 13.8. The van der Waals surface area contributed by atoms with Crippen molar-refractivity contribution in [1.82, 2.24) is 9.88 Å². The second-order valence-corrected chi connectivity index (χ2v) is 5.84. The van der Waals surface area contributed by atoms with Gasteiger partial charge in [0.15, 0.2) is 0 Å². The van der Waals surface area contributed by atoms with Crippen molar-refractivity contribution in [1.29, 1.82) is 0 Å². The number of likely N-dealkylation sites (tertiary alicyclic amines) is 1. The second-order valence-electron chi connectivity index (χ2n) is 5.84. The summed E-state index contributed by atoms with van der Waals surface area (Å²) < 4.78 is 0. The lowest BCUT2D eigenvalue weighted by molar-refractivity contribution is 0.163. The molecule has 106 valence electrons. The van der Waals surface area contributed by atoms with E-state index in [1.165, 1.54) is 42.3 Å². The van der Waals surface area contributed by atoms with Gasteiger partial charge in [-0.3, -0.25) is 9.88 Å². The minimum absolute atomic E-state index is 0.775. The molecule has 0 saturated carbocycles. The molecule has 2 aromatic rings. The van der Waals surface area contributed by atoms with E-state index in [2.05, 4.69) is 34.1 Å². The van der Waals surface area contributed by atoms with Gasteiger partial charge in [0.25, 0.3) is 0 Å². The average molecular weight is 269 g/mol. The SMILES string of the molecule is NCCC1CCCN(Cc2cncc3ccccc23)C1. The third-order valence-corrected chi connectivity index (χ3v) is 4.32. The standard InChI is InChI=1S/C17H23N3/c18-8-7-14-4-3-9-20(12-14)13-16-11-19-10-15-5-1-2-6-17(15)16/h1-2,5-6,10-11,14H,3-4,7-9,12-13,18H2. The summed E-state index contributed by atoms with van der Waals surface area (Å²) >= 11 is 0. The second kappa shape index (κ2) is 6.33. The van der Waals surface area contributed by atoms with Gasteiger partial charge < -0.3 is 5.73 Å². The van der Waals surface area contributed by atoms with Crippen molar-refractivity contribution in [2.45, 2.75) is 25.8 Å². The number of benzene rings is 1.